The highest BCUT2D eigenvalue weighted by Crippen LogP contribution is 2.14. The maximum atomic E-state index is 3.78. The van der Waals surface area contributed by atoms with E-state index in [4.69, 9.17) is 0 Å². The van der Waals surface area contributed by atoms with E-state index in [0.29, 0.717) is 6.04 Å². The Morgan fingerprint density at radius 2 is 1.93 bits per heavy atom. The number of nitrogens with zero attached hydrogens (tertiary/aromatic N) is 3. The summed E-state index contributed by atoms with van der Waals surface area (Å²) in [4.78, 5) is 0. The maximum Gasteiger partial charge on any atom is 0.123 e. The number of nitrogens with one attached hydrogen (secondary N) is 1. The highest BCUT2D eigenvalue weighted by Gasteiger charge is 1.99. The number of benzene rings is 1. The van der Waals surface area contributed by atoms with E-state index >= 15 is 0 Å². The Balaban J connectivity index is 2.27. The summed E-state index contributed by atoms with van der Waals surface area (Å²) in [5.74, 6) is 0. The van der Waals surface area contributed by atoms with E-state index in [0.717, 1.165) is 11.4 Å². The molecule has 0 unspecified atom stereocenters. The monoisotopic (exact) mass is 202 g/mol. The number of anilines is 1. The fraction of sp³-hybridized carbons (Fsp3) is 0.273. The molecule has 1 aromatic carbocycles. The minimum Gasteiger partial charge on any atom is -0.383 e. The SMILES string of the molecule is CC(C)Nc1cccc(-n2cnnc2)c1. The van der Waals surface area contributed by atoms with Crippen LogP contribution in [0.15, 0.2) is 36.9 Å². The molecule has 4 heteroatoms. The number of hydrogen-bond donors (Lipinski definition) is 1. The highest BCUT2D eigenvalue weighted by atomic mass is 15.2. The van der Waals surface area contributed by atoms with Gasteiger partial charge >= 0.3 is 0 Å². The smallest absolute Gasteiger partial charge is 0.123 e. The second-order valence-electron chi connectivity index (χ2n) is 3.72. The zero-order chi connectivity index (χ0) is 10.7. The predicted octanol–water partition coefficient (Wildman–Crippen LogP) is 2.09. The second-order valence-corrected chi connectivity index (χ2v) is 3.72. The van der Waals surface area contributed by atoms with E-state index < -0.39 is 0 Å². The lowest BCUT2D eigenvalue weighted by Gasteiger charge is -2.11. The van der Waals surface area contributed by atoms with Crippen LogP contribution >= 0.6 is 0 Å². The van der Waals surface area contributed by atoms with Gasteiger partial charge in [0.2, 0.25) is 0 Å². The minimum absolute atomic E-state index is 0.432. The molecule has 0 amide bonds. The molecule has 0 fully saturated rings. The van der Waals surface area contributed by atoms with E-state index in [-0.39, 0.29) is 0 Å². The molecule has 4 nitrogen and oxygen atoms in total. The van der Waals surface area contributed by atoms with E-state index in [2.05, 4.69) is 35.4 Å². The molecule has 0 aliphatic carbocycles. The van der Waals surface area contributed by atoms with Crippen LogP contribution in [0.3, 0.4) is 0 Å². The fourth-order valence-electron chi connectivity index (χ4n) is 1.42. The first kappa shape index (κ1) is 9.71. The second kappa shape index (κ2) is 4.13. The minimum atomic E-state index is 0.432. The third-order valence-electron chi connectivity index (χ3n) is 2.02. The van der Waals surface area contributed by atoms with Crippen LogP contribution in [0.4, 0.5) is 5.69 Å². The van der Waals surface area contributed by atoms with Gasteiger partial charge in [-0.1, -0.05) is 6.07 Å². The Morgan fingerprint density at radius 1 is 1.20 bits per heavy atom. The zero-order valence-corrected chi connectivity index (χ0v) is 8.88. The Labute approximate surface area is 89.0 Å². The average Bonchev–Trinajstić information content (AvgIpc) is 2.69. The van der Waals surface area contributed by atoms with Crippen LogP contribution in [0.2, 0.25) is 0 Å². The topological polar surface area (TPSA) is 42.7 Å². The summed E-state index contributed by atoms with van der Waals surface area (Å²) in [6, 6.07) is 8.59. The molecule has 15 heavy (non-hydrogen) atoms. The fourth-order valence-corrected chi connectivity index (χ4v) is 1.42. The molecule has 78 valence electrons. The van der Waals surface area contributed by atoms with Gasteiger partial charge in [0.05, 0.1) is 5.69 Å². The molecule has 0 bridgehead atoms. The normalized spacial score (nSPS) is 10.6. The number of rotatable bonds is 3. The van der Waals surface area contributed by atoms with Gasteiger partial charge in [-0.3, -0.25) is 4.57 Å². The van der Waals surface area contributed by atoms with Crippen molar-refractivity contribution in [3.8, 4) is 5.69 Å². The molecule has 0 saturated carbocycles. The molecule has 0 aliphatic rings. The van der Waals surface area contributed by atoms with Crippen LogP contribution in [0.1, 0.15) is 13.8 Å². The molecular weight excluding hydrogens is 188 g/mol. The van der Waals surface area contributed by atoms with E-state index in [1.54, 1.807) is 12.7 Å². The van der Waals surface area contributed by atoms with Gasteiger partial charge in [0.15, 0.2) is 0 Å². The van der Waals surface area contributed by atoms with E-state index in [1.165, 1.54) is 0 Å². The first-order valence-electron chi connectivity index (χ1n) is 4.97. The zero-order valence-electron chi connectivity index (χ0n) is 8.88. The summed E-state index contributed by atoms with van der Waals surface area (Å²) in [5, 5.41) is 10.9. The van der Waals surface area contributed by atoms with Gasteiger partial charge in [-0.2, -0.15) is 0 Å². The van der Waals surface area contributed by atoms with Crippen molar-refractivity contribution in [2.24, 2.45) is 0 Å². The van der Waals surface area contributed by atoms with Crippen LogP contribution in [0.5, 0.6) is 0 Å². The van der Waals surface area contributed by atoms with E-state index in [9.17, 15) is 0 Å². The van der Waals surface area contributed by atoms with Gasteiger partial charge in [-0.15, -0.1) is 10.2 Å². The van der Waals surface area contributed by atoms with Crippen molar-refractivity contribution >= 4 is 5.69 Å². The number of aromatic nitrogens is 3. The third-order valence-corrected chi connectivity index (χ3v) is 2.02. The van der Waals surface area contributed by atoms with Gasteiger partial charge in [-0.05, 0) is 32.0 Å². The summed E-state index contributed by atoms with van der Waals surface area (Å²) >= 11 is 0. The van der Waals surface area contributed by atoms with Crippen molar-refractivity contribution in [1.29, 1.82) is 0 Å². The Kier molecular flexibility index (Phi) is 2.67. The molecule has 0 spiro atoms. The van der Waals surface area contributed by atoms with Crippen LogP contribution < -0.4 is 5.32 Å². The summed E-state index contributed by atoms with van der Waals surface area (Å²) in [5.41, 5.74) is 2.17. The molecule has 1 aromatic heterocycles. The van der Waals surface area contributed by atoms with Crippen molar-refractivity contribution in [3.05, 3.63) is 36.9 Å². The quantitative estimate of drug-likeness (QED) is 0.828. The standard InChI is InChI=1S/C11H14N4/c1-9(2)14-10-4-3-5-11(6-10)15-7-12-13-8-15/h3-9,14H,1-2H3. The molecule has 1 heterocycles. The van der Waals surface area contributed by atoms with Crippen molar-refractivity contribution in [1.82, 2.24) is 14.8 Å². The molecule has 1 N–H and O–H groups in total. The molecule has 0 radical (unpaired) electrons. The first-order valence-corrected chi connectivity index (χ1v) is 4.97. The van der Waals surface area contributed by atoms with Crippen LogP contribution in [0.25, 0.3) is 5.69 Å². The molecule has 0 aliphatic heterocycles. The van der Waals surface area contributed by atoms with Crippen LogP contribution in [0, 0.1) is 0 Å². The largest absolute Gasteiger partial charge is 0.383 e. The van der Waals surface area contributed by atoms with Gasteiger partial charge in [0, 0.05) is 11.7 Å². The summed E-state index contributed by atoms with van der Waals surface area (Å²) < 4.78 is 1.88. The van der Waals surface area contributed by atoms with Gasteiger partial charge < -0.3 is 5.32 Å². The average molecular weight is 202 g/mol. The molecule has 2 aromatic rings. The first-order chi connectivity index (χ1) is 7.25. The Hall–Kier alpha value is -1.84. The Morgan fingerprint density at radius 3 is 2.60 bits per heavy atom. The van der Waals surface area contributed by atoms with Crippen LogP contribution in [-0.4, -0.2) is 20.8 Å². The predicted molar refractivity (Wildman–Crippen MR) is 60.1 cm³/mol. The van der Waals surface area contributed by atoms with Crippen molar-refractivity contribution in [3.63, 3.8) is 0 Å². The molecule has 0 atom stereocenters. The van der Waals surface area contributed by atoms with Crippen molar-refractivity contribution < 1.29 is 0 Å². The third kappa shape index (κ3) is 2.34. The highest BCUT2D eigenvalue weighted by molar-refractivity contribution is 5.51. The van der Waals surface area contributed by atoms with Crippen molar-refractivity contribution in [2.45, 2.75) is 19.9 Å². The molecular formula is C11H14N4. The Bertz CT molecular complexity index is 420. The lowest BCUT2D eigenvalue weighted by molar-refractivity contribution is 0.898. The summed E-state index contributed by atoms with van der Waals surface area (Å²) in [6.45, 7) is 4.23. The van der Waals surface area contributed by atoms with Crippen LogP contribution in [-0.2, 0) is 0 Å². The van der Waals surface area contributed by atoms with Gasteiger partial charge in [0.1, 0.15) is 12.7 Å². The summed E-state index contributed by atoms with van der Waals surface area (Å²) in [6.07, 6.45) is 3.38. The lowest BCUT2D eigenvalue weighted by atomic mass is 10.2. The van der Waals surface area contributed by atoms with Crippen molar-refractivity contribution in [2.75, 3.05) is 5.32 Å². The van der Waals surface area contributed by atoms with E-state index in [1.807, 2.05) is 22.8 Å². The van der Waals surface area contributed by atoms with Gasteiger partial charge in [0.25, 0.3) is 0 Å². The molecule has 2 rings (SSSR count). The van der Waals surface area contributed by atoms with Gasteiger partial charge in [-0.25, -0.2) is 0 Å². The molecule has 0 saturated heterocycles. The summed E-state index contributed by atoms with van der Waals surface area (Å²) in [7, 11) is 0. The lowest BCUT2D eigenvalue weighted by Crippen LogP contribution is -2.09. The maximum absolute atomic E-state index is 3.78. The number of hydrogen-bond acceptors (Lipinski definition) is 3.